The molecule has 0 unspecified atom stereocenters. The summed E-state index contributed by atoms with van der Waals surface area (Å²) in [5, 5.41) is 0. The van der Waals surface area contributed by atoms with Gasteiger partial charge in [0.05, 0.1) is 4.90 Å². The van der Waals surface area contributed by atoms with Crippen molar-refractivity contribution in [2.24, 2.45) is 5.73 Å². The van der Waals surface area contributed by atoms with Crippen LogP contribution in [0.2, 0.25) is 0 Å². The highest BCUT2D eigenvalue weighted by Gasteiger charge is 2.17. The van der Waals surface area contributed by atoms with Crippen molar-refractivity contribution in [3.05, 3.63) is 65.0 Å². The topological polar surface area (TPSA) is 72.2 Å². The highest BCUT2D eigenvalue weighted by atomic mass is 32.2. The normalized spacial score (nSPS) is 11.6. The number of aryl methyl sites for hydroxylation is 1. The zero-order valence-electron chi connectivity index (χ0n) is 11.6. The van der Waals surface area contributed by atoms with Crippen LogP contribution < -0.4 is 10.5 Å². The van der Waals surface area contributed by atoms with E-state index in [1.807, 2.05) is 18.2 Å². The molecule has 0 saturated heterocycles. The van der Waals surface area contributed by atoms with E-state index < -0.39 is 15.8 Å². The molecule has 4 nitrogen and oxygen atoms in total. The van der Waals surface area contributed by atoms with Gasteiger partial charge in [0.2, 0.25) is 10.0 Å². The van der Waals surface area contributed by atoms with Gasteiger partial charge in [-0.1, -0.05) is 30.3 Å². The zero-order chi connectivity index (χ0) is 15.5. The fourth-order valence-electron chi connectivity index (χ4n) is 1.99. The number of nitrogens with two attached hydrogens (primary N) is 1. The van der Waals surface area contributed by atoms with Crippen LogP contribution in [-0.2, 0) is 23.1 Å². The molecule has 6 heteroatoms. The summed E-state index contributed by atoms with van der Waals surface area (Å²) in [4.78, 5) is -0.0440. The fourth-order valence-corrected chi connectivity index (χ4v) is 3.26. The van der Waals surface area contributed by atoms with Gasteiger partial charge in [-0.15, -0.1) is 0 Å². The molecule has 0 spiro atoms. The molecule has 2 rings (SSSR count). The SMILES string of the molecule is Cc1ccc(F)cc1S(=O)(=O)NCc1cccc(CN)c1. The Bertz CT molecular complexity index is 745. The van der Waals surface area contributed by atoms with E-state index >= 15 is 0 Å². The maximum atomic E-state index is 13.2. The van der Waals surface area contributed by atoms with Gasteiger partial charge in [-0.25, -0.2) is 17.5 Å². The van der Waals surface area contributed by atoms with Crippen LogP contribution in [0.3, 0.4) is 0 Å². The predicted octanol–water partition coefficient (Wildman–Crippen LogP) is 2.07. The highest BCUT2D eigenvalue weighted by molar-refractivity contribution is 7.89. The summed E-state index contributed by atoms with van der Waals surface area (Å²) in [6.45, 7) is 2.15. The number of hydrogen-bond donors (Lipinski definition) is 2. The number of sulfonamides is 1. The molecule has 112 valence electrons. The first-order valence-corrected chi connectivity index (χ1v) is 7.94. The van der Waals surface area contributed by atoms with Gasteiger partial charge < -0.3 is 5.73 Å². The van der Waals surface area contributed by atoms with Crippen LogP contribution >= 0.6 is 0 Å². The molecule has 0 aromatic heterocycles. The standard InChI is InChI=1S/C15H17FN2O2S/c1-11-5-6-14(16)8-15(11)21(19,20)18-10-13-4-2-3-12(7-13)9-17/h2-8,18H,9-10,17H2,1H3. The van der Waals surface area contributed by atoms with Gasteiger partial charge in [0.15, 0.2) is 0 Å². The fraction of sp³-hybridized carbons (Fsp3) is 0.200. The average molecular weight is 308 g/mol. The van der Waals surface area contributed by atoms with Gasteiger partial charge in [-0.2, -0.15) is 0 Å². The summed E-state index contributed by atoms with van der Waals surface area (Å²) in [6.07, 6.45) is 0. The molecule has 0 heterocycles. The van der Waals surface area contributed by atoms with Gasteiger partial charge in [-0.3, -0.25) is 0 Å². The van der Waals surface area contributed by atoms with Gasteiger partial charge in [0.25, 0.3) is 0 Å². The maximum Gasteiger partial charge on any atom is 0.241 e. The number of rotatable bonds is 5. The minimum atomic E-state index is -3.75. The van der Waals surface area contributed by atoms with Gasteiger partial charge in [-0.05, 0) is 35.7 Å². The average Bonchev–Trinajstić information content (AvgIpc) is 2.48. The molecule has 0 radical (unpaired) electrons. The number of nitrogens with one attached hydrogen (secondary N) is 1. The van der Waals surface area contributed by atoms with E-state index in [2.05, 4.69) is 4.72 Å². The molecular weight excluding hydrogens is 291 g/mol. The van der Waals surface area contributed by atoms with Crippen molar-refractivity contribution >= 4 is 10.0 Å². The van der Waals surface area contributed by atoms with Crippen LogP contribution in [0.1, 0.15) is 16.7 Å². The minimum absolute atomic E-state index is 0.0440. The lowest BCUT2D eigenvalue weighted by molar-refractivity contribution is 0.576. The van der Waals surface area contributed by atoms with E-state index in [1.165, 1.54) is 12.1 Å². The highest BCUT2D eigenvalue weighted by Crippen LogP contribution is 2.16. The van der Waals surface area contributed by atoms with Crippen molar-refractivity contribution < 1.29 is 12.8 Å². The third kappa shape index (κ3) is 3.87. The van der Waals surface area contributed by atoms with Gasteiger partial charge in [0, 0.05) is 13.1 Å². The zero-order valence-corrected chi connectivity index (χ0v) is 12.5. The summed E-state index contributed by atoms with van der Waals surface area (Å²) in [6, 6.07) is 11.0. The van der Waals surface area contributed by atoms with Crippen molar-refractivity contribution in [1.29, 1.82) is 0 Å². The molecule has 2 aromatic rings. The van der Waals surface area contributed by atoms with E-state index in [-0.39, 0.29) is 11.4 Å². The van der Waals surface area contributed by atoms with Crippen LogP contribution in [-0.4, -0.2) is 8.42 Å². The summed E-state index contributed by atoms with van der Waals surface area (Å²) in [5.74, 6) is -0.578. The van der Waals surface area contributed by atoms with E-state index in [4.69, 9.17) is 5.73 Å². The molecule has 0 saturated carbocycles. The Morgan fingerprint density at radius 1 is 1.14 bits per heavy atom. The van der Waals surface area contributed by atoms with E-state index in [9.17, 15) is 12.8 Å². The number of benzene rings is 2. The van der Waals surface area contributed by atoms with Gasteiger partial charge >= 0.3 is 0 Å². The first-order chi connectivity index (χ1) is 9.92. The second-order valence-electron chi connectivity index (χ2n) is 4.76. The second-order valence-corrected chi connectivity index (χ2v) is 6.49. The lowest BCUT2D eigenvalue weighted by Crippen LogP contribution is -2.24. The Kier molecular flexibility index (Phi) is 4.72. The molecule has 0 aliphatic rings. The third-order valence-corrected chi connectivity index (χ3v) is 4.68. The first kappa shape index (κ1) is 15.6. The smallest absolute Gasteiger partial charge is 0.241 e. The molecule has 0 atom stereocenters. The maximum absolute atomic E-state index is 13.2. The molecule has 2 aromatic carbocycles. The van der Waals surface area contributed by atoms with Crippen LogP contribution in [0.25, 0.3) is 0 Å². The lowest BCUT2D eigenvalue weighted by atomic mass is 10.1. The molecule has 0 bridgehead atoms. The summed E-state index contributed by atoms with van der Waals surface area (Å²) < 4.78 is 40.2. The summed E-state index contributed by atoms with van der Waals surface area (Å²) in [5.41, 5.74) is 7.77. The molecule has 0 aliphatic carbocycles. The Balaban J connectivity index is 2.19. The minimum Gasteiger partial charge on any atom is -0.326 e. The van der Waals surface area contributed by atoms with Gasteiger partial charge in [0.1, 0.15) is 5.82 Å². The van der Waals surface area contributed by atoms with Crippen LogP contribution in [0.15, 0.2) is 47.4 Å². The molecule has 21 heavy (non-hydrogen) atoms. The Labute approximate surface area is 123 Å². The van der Waals surface area contributed by atoms with E-state index in [0.717, 1.165) is 17.2 Å². The first-order valence-electron chi connectivity index (χ1n) is 6.46. The lowest BCUT2D eigenvalue weighted by Gasteiger charge is -2.10. The predicted molar refractivity (Wildman–Crippen MR) is 79.5 cm³/mol. The quantitative estimate of drug-likeness (QED) is 0.888. The number of halogens is 1. The van der Waals surface area contributed by atoms with Crippen LogP contribution in [0, 0.1) is 12.7 Å². The largest absolute Gasteiger partial charge is 0.326 e. The van der Waals surface area contributed by atoms with Crippen molar-refractivity contribution in [3.8, 4) is 0 Å². The second kappa shape index (κ2) is 6.34. The Morgan fingerprint density at radius 3 is 2.57 bits per heavy atom. The number of hydrogen-bond acceptors (Lipinski definition) is 3. The Morgan fingerprint density at radius 2 is 1.86 bits per heavy atom. The van der Waals surface area contributed by atoms with Crippen molar-refractivity contribution in [2.45, 2.75) is 24.9 Å². The summed E-state index contributed by atoms with van der Waals surface area (Å²) >= 11 is 0. The summed E-state index contributed by atoms with van der Waals surface area (Å²) in [7, 11) is -3.75. The molecule has 3 N–H and O–H groups in total. The molecule has 0 amide bonds. The van der Waals surface area contributed by atoms with Crippen LogP contribution in [0.4, 0.5) is 4.39 Å². The Hall–Kier alpha value is -1.76. The van der Waals surface area contributed by atoms with Crippen molar-refractivity contribution in [1.82, 2.24) is 4.72 Å². The molecule has 0 aliphatic heterocycles. The third-order valence-electron chi connectivity index (χ3n) is 3.13. The molecular formula is C15H17FN2O2S. The monoisotopic (exact) mass is 308 g/mol. The van der Waals surface area contributed by atoms with Crippen molar-refractivity contribution in [3.63, 3.8) is 0 Å². The van der Waals surface area contributed by atoms with E-state index in [0.29, 0.717) is 12.1 Å². The van der Waals surface area contributed by atoms with Crippen LogP contribution in [0.5, 0.6) is 0 Å². The molecule has 0 fully saturated rings. The van der Waals surface area contributed by atoms with Crippen molar-refractivity contribution in [2.75, 3.05) is 0 Å². The van der Waals surface area contributed by atoms with E-state index in [1.54, 1.807) is 13.0 Å².